The van der Waals surface area contributed by atoms with Gasteiger partial charge in [-0.1, -0.05) is 35.9 Å². The van der Waals surface area contributed by atoms with Crippen molar-refractivity contribution in [2.45, 2.75) is 13.2 Å². The minimum absolute atomic E-state index is 0.423. The standard InChI is InChI=1S/C16H15ClN2O/c1-19-10-14-3-2-4-15(17)16(14)20-11-13-7-5-12(9-18)6-8-13/h2-8,19H,10-11H2,1H3. The highest BCUT2D eigenvalue weighted by Gasteiger charge is 2.08. The Hall–Kier alpha value is -2.02. The predicted octanol–water partition coefficient (Wildman–Crippen LogP) is 3.51. The summed E-state index contributed by atoms with van der Waals surface area (Å²) in [5.74, 6) is 0.702. The van der Waals surface area contributed by atoms with Crippen LogP contribution in [0.3, 0.4) is 0 Å². The molecular weight excluding hydrogens is 272 g/mol. The third-order valence-corrected chi connectivity index (χ3v) is 3.18. The Labute approximate surface area is 123 Å². The van der Waals surface area contributed by atoms with Crippen LogP contribution in [0.1, 0.15) is 16.7 Å². The molecule has 2 aromatic rings. The summed E-state index contributed by atoms with van der Waals surface area (Å²) in [6.45, 7) is 1.12. The van der Waals surface area contributed by atoms with Crippen LogP contribution >= 0.6 is 11.6 Å². The summed E-state index contributed by atoms with van der Waals surface area (Å²) in [6, 6.07) is 15.1. The van der Waals surface area contributed by atoms with Gasteiger partial charge in [0, 0.05) is 12.1 Å². The van der Waals surface area contributed by atoms with Gasteiger partial charge in [0.2, 0.25) is 0 Å². The molecule has 3 nitrogen and oxygen atoms in total. The first kappa shape index (κ1) is 14.4. The largest absolute Gasteiger partial charge is 0.487 e. The molecule has 0 heterocycles. The van der Waals surface area contributed by atoms with Crippen LogP contribution in [-0.4, -0.2) is 7.05 Å². The molecule has 1 N–H and O–H groups in total. The van der Waals surface area contributed by atoms with E-state index >= 15 is 0 Å². The molecule has 0 radical (unpaired) electrons. The first-order chi connectivity index (χ1) is 9.74. The van der Waals surface area contributed by atoms with Crippen LogP contribution in [0, 0.1) is 11.3 Å². The zero-order valence-corrected chi connectivity index (χ0v) is 11.9. The van der Waals surface area contributed by atoms with E-state index in [-0.39, 0.29) is 0 Å². The summed E-state index contributed by atoms with van der Waals surface area (Å²) in [5.41, 5.74) is 2.66. The van der Waals surface area contributed by atoms with Crippen molar-refractivity contribution in [3.05, 3.63) is 64.2 Å². The highest BCUT2D eigenvalue weighted by molar-refractivity contribution is 6.32. The first-order valence-electron chi connectivity index (χ1n) is 6.28. The van der Waals surface area contributed by atoms with Crippen molar-refractivity contribution in [3.63, 3.8) is 0 Å². The lowest BCUT2D eigenvalue weighted by molar-refractivity contribution is 0.302. The Morgan fingerprint density at radius 2 is 1.95 bits per heavy atom. The first-order valence-corrected chi connectivity index (χ1v) is 6.66. The molecular formula is C16H15ClN2O. The van der Waals surface area contributed by atoms with Crippen molar-refractivity contribution in [1.82, 2.24) is 5.32 Å². The summed E-state index contributed by atoms with van der Waals surface area (Å²) in [6.07, 6.45) is 0. The van der Waals surface area contributed by atoms with Gasteiger partial charge in [-0.25, -0.2) is 0 Å². The average Bonchev–Trinajstić information content (AvgIpc) is 2.47. The van der Waals surface area contributed by atoms with Crippen LogP contribution in [0.15, 0.2) is 42.5 Å². The van der Waals surface area contributed by atoms with E-state index in [1.807, 2.05) is 37.4 Å². The van der Waals surface area contributed by atoms with Crippen molar-refractivity contribution in [2.24, 2.45) is 0 Å². The van der Waals surface area contributed by atoms with Crippen molar-refractivity contribution < 1.29 is 4.74 Å². The number of hydrogen-bond donors (Lipinski definition) is 1. The molecule has 0 aliphatic carbocycles. The fourth-order valence-electron chi connectivity index (χ4n) is 1.88. The fourth-order valence-corrected chi connectivity index (χ4v) is 2.12. The summed E-state index contributed by atoms with van der Waals surface area (Å²) < 4.78 is 5.83. The van der Waals surface area contributed by atoms with Crippen LogP contribution < -0.4 is 10.1 Å². The second kappa shape index (κ2) is 6.95. The third-order valence-electron chi connectivity index (χ3n) is 2.88. The SMILES string of the molecule is CNCc1cccc(Cl)c1OCc1ccc(C#N)cc1. The van der Waals surface area contributed by atoms with E-state index in [0.29, 0.717) is 29.5 Å². The second-order valence-corrected chi connectivity index (χ2v) is 4.76. The lowest BCUT2D eigenvalue weighted by Crippen LogP contribution is -2.08. The maximum Gasteiger partial charge on any atom is 0.142 e. The predicted molar refractivity (Wildman–Crippen MR) is 79.7 cm³/mol. The van der Waals surface area contributed by atoms with Gasteiger partial charge in [-0.05, 0) is 30.8 Å². The minimum Gasteiger partial charge on any atom is -0.487 e. The van der Waals surface area contributed by atoms with Gasteiger partial charge in [-0.15, -0.1) is 0 Å². The number of nitrogens with one attached hydrogen (secondary N) is 1. The molecule has 0 saturated carbocycles. The number of halogens is 1. The number of para-hydroxylation sites is 1. The van der Waals surface area contributed by atoms with Gasteiger partial charge in [-0.2, -0.15) is 5.26 Å². The monoisotopic (exact) mass is 286 g/mol. The molecule has 0 amide bonds. The Kier molecular flexibility index (Phi) is 5.00. The lowest BCUT2D eigenvalue weighted by Gasteiger charge is -2.13. The molecule has 20 heavy (non-hydrogen) atoms. The normalized spacial score (nSPS) is 10.1. The molecule has 4 heteroatoms. The summed E-state index contributed by atoms with van der Waals surface area (Å²) in [4.78, 5) is 0. The zero-order valence-electron chi connectivity index (χ0n) is 11.2. The minimum atomic E-state index is 0.423. The summed E-state index contributed by atoms with van der Waals surface area (Å²) >= 11 is 6.18. The molecule has 2 aromatic carbocycles. The van der Waals surface area contributed by atoms with Crippen molar-refractivity contribution >= 4 is 11.6 Å². The van der Waals surface area contributed by atoms with Crippen LogP contribution in [0.5, 0.6) is 5.75 Å². The van der Waals surface area contributed by atoms with E-state index in [0.717, 1.165) is 11.1 Å². The second-order valence-electron chi connectivity index (χ2n) is 4.36. The summed E-state index contributed by atoms with van der Waals surface area (Å²) in [5, 5.41) is 12.5. The Morgan fingerprint density at radius 1 is 1.20 bits per heavy atom. The molecule has 0 spiro atoms. The van der Waals surface area contributed by atoms with Gasteiger partial charge < -0.3 is 10.1 Å². The molecule has 102 valence electrons. The third kappa shape index (κ3) is 3.51. The molecule has 0 fully saturated rings. The number of rotatable bonds is 5. The van der Waals surface area contributed by atoms with Crippen molar-refractivity contribution in [2.75, 3.05) is 7.05 Å². The van der Waals surface area contributed by atoms with Crippen molar-refractivity contribution in [1.29, 1.82) is 5.26 Å². The van der Waals surface area contributed by atoms with Crippen LogP contribution in [0.2, 0.25) is 5.02 Å². The smallest absolute Gasteiger partial charge is 0.142 e. The zero-order chi connectivity index (χ0) is 14.4. The highest BCUT2D eigenvalue weighted by Crippen LogP contribution is 2.29. The molecule has 0 atom stereocenters. The fraction of sp³-hybridized carbons (Fsp3) is 0.188. The maximum atomic E-state index is 8.76. The van der Waals surface area contributed by atoms with Gasteiger partial charge >= 0.3 is 0 Å². The number of nitrogens with zero attached hydrogens (tertiary/aromatic N) is 1. The summed E-state index contributed by atoms with van der Waals surface area (Å²) in [7, 11) is 1.88. The van der Waals surface area contributed by atoms with Gasteiger partial charge in [0.05, 0.1) is 16.7 Å². The van der Waals surface area contributed by atoms with E-state index in [2.05, 4.69) is 11.4 Å². The topological polar surface area (TPSA) is 45.0 Å². The number of hydrogen-bond acceptors (Lipinski definition) is 3. The van der Waals surface area contributed by atoms with E-state index in [9.17, 15) is 0 Å². The van der Waals surface area contributed by atoms with E-state index in [1.165, 1.54) is 0 Å². The number of nitriles is 1. The van der Waals surface area contributed by atoms with Gasteiger partial charge in [0.15, 0.2) is 0 Å². The molecule has 2 rings (SSSR count). The molecule has 0 unspecified atom stereocenters. The molecule has 0 saturated heterocycles. The molecule has 0 bridgehead atoms. The number of ether oxygens (including phenoxy) is 1. The van der Waals surface area contributed by atoms with E-state index in [4.69, 9.17) is 21.6 Å². The van der Waals surface area contributed by atoms with Gasteiger partial charge in [0.25, 0.3) is 0 Å². The van der Waals surface area contributed by atoms with Crippen LogP contribution in [0.4, 0.5) is 0 Å². The molecule has 0 aliphatic rings. The van der Waals surface area contributed by atoms with Crippen LogP contribution in [0.25, 0.3) is 0 Å². The van der Waals surface area contributed by atoms with Gasteiger partial charge in [-0.3, -0.25) is 0 Å². The average molecular weight is 287 g/mol. The van der Waals surface area contributed by atoms with Crippen molar-refractivity contribution in [3.8, 4) is 11.8 Å². The quantitative estimate of drug-likeness (QED) is 0.915. The number of benzene rings is 2. The van der Waals surface area contributed by atoms with E-state index < -0.39 is 0 Å². The van der Waals surface area contributed by atoms with E-state index in [1.54, 1.807) is 12.1 Å². The van der Waals surface area contributed by atoms with Gasteiger partial charge in [0.1, 0.15) is 12.4 Å². The molecule has 0 aromatic heterocycles. The highest BCUT2D eigenvalue weighted by atomic mass is 35.5. The Bertz CT molecular complexity index is 617. The Balaban J connectivity index is 2.12. The lowest BCUT2D eigenvalue weighted by atomic mass is 10.1. The maximum absolute atomic E-state index is 8.76. The Morgan fingerprint density at radius 3 is 2.60 bits per heavy atom. The van der Waals surface area contributed by atoms with Crippen LogP contribution in [-0.2, 0) is 13.2 Å². The molecule has 0 aliphatic heterocycles.